The number of hydrogen-bond acceptors (Lipinski definition) is 3. The second-order valence-electron chi connectivity index (χ2n) is 6.50. The highest BCUT2D eigenvalue weighted by molar-refractivity contribution is 7.09. The van der Waals surface area contributed by atoms with E-state index in [0.717, 1.165) is 19.5 Å². The van der Waals surface area contributed by atoms with Gasteiger partial charge in [-0.25, -0.2) is 0 Å². The van der Waals surface area contributed by atoms with Crippen molar-refractivity contribution in [3.05, 3.63) is 57.8 Å². The third-order valence-corrected chi connectivity index (χ3v) is 5.74. The molecule has 1 fully saturated rings. The van der Waals surface area contributed by atoms with Crippen molar-refractivity contribution < 1.29 is 4.79 Å². The lowest BCUT2D eigenvalue weighted by molar-refractivity contribution is -0.121. The Hall–Kier alpha value is -1.65. The Balaban J connectivity index is 1.59. The first-order chi connectivity index (χ1) is 11.7. The van der Waals surface area contributed by atoms with Gasteiger partial charge in [-0.05, 0) is 61.8 Å². The highest BCUT2D eigenvalue weighted by Crippen LogP contribution is 2.26. The van der Waals surface area contributed by atoms with E-state index in [9.17, 15) is 4.79 Å². The SMILES string of the molecule is Cc1ccccc1C(CNC(=O)CCc1cccs1)N1CCCC1. The minimum absolute atomic E-state index is 0.154. The van der Waals surface area contributed by atoms with Crippen molar-refractivity contribution in [1.82, 2.24) is 10.2 Å². The van der Waals surface area contributed by atoms with Crippen LogP contribution < -0.4 is 5.32 Å². The molecule has 1 amide bonds. The van der Waals surface area contributed by atoms with Gasteiger partial charge in [0.25, 0.3) is 0 Å². The number of likely N-dealkylation sites (tertiary alicyclic amines) is 1. The summed E-state index contributed by atoms with van der Waals surface area (Å²) in [5.74, 6) is 0.154. The molecule has 24 heavy (non-hydrogen) atoms. The lowest BCUT2D eigenvalue weighted by Gasteiger charge is -2.29. The first-order valence-corrected chi connectivity index (χ1v) is 9.70. The van der Waals surface area contributed by atoms with Crippen molar-refractivity contribution in [2.45, 2.75) is 38.6 Å². The van der Waals surface area contributed by atoms with E-state index in [2.05, 4.69) is 52.9 Å². The summed E-state index contributed by atoms with van der Waals surface area (Å²) in [5, 5.41) is 5.24. The molecule has 1 unspecified atom stereocenters. The number of rotatable bonds is 7. The summed E-state index contributed by atoms with van der Waals surface area (Å²) < 4.78 is 0. The number of nitrogens with zero attached hydrogens (tertiary/aromatic N) is 1. The van der Waals surface area contributed by atoms with Gasteiger partial charge in [0, 0.05) is 17.8 Å². The van der Waals surface area contributed by atoms with Crippen molar-refractivity contribution in [3.8, 4) is 0 Å². The summed E-state index contributed by atoms with van der Waals surface area (Å²) in [6.45, 7) is 5.12. The lowest BCUT2D eigenvalue weighted by Crippen LogP contribution is -2.37. The topological polar surface area (TPSA) is 32.3 Å². The normalized spacial score (nSPS) is 16.2. The van der Waals surface area contributed by atoms with Crippen molar-refractivity contribution >= 4 is 17.2 Å². The Kier molecular flexibility index (Phi) is 6.05. The van der Waals surface area contributed by atoms with Crippen molar-refractivity contribution in [1.29, 1.82) is 0 Å². The molecule has 2 heterocycles. The van der Waals surface area contributed by atoms with Gasteiger partial charge in [-0.3, -0.25) is 9.69 Å². The van der Waals surface area contributed by atoms with Crippen molar-refractivity contribution in [2.24, 2.45) is 0 Å². The van der Waals surface area contributed by atoms with Crippen LogP contribution in [0.1, 0.15) is 41.3 Å². The van der Waals surface area contributed by atoms with Crippen LogP contribution in [0.2, 0.25) is 0 Å². The minimum Gasteiger partial charge on any atom is -0.354 e. The fourth-order valence-electron chi connectivity index (χ4n) is 3.44. The standard InChI is InChI=1S/C20H26N2OS/c1-16-7-2-3-9-18(16)19(22-12-4-5-13-22)15-21-20(23)11-10-17-8-6-14-24-17/h2-3,6-9,14,19H,4-5,10-13,15H2,1H3,(H,21,23). The summed E-state index contributed by atoms with van der Waals surface area (Å²) in [6.07, 6.45) is 3.92. The van der Waals surface area contributed by atoms with E-state index in [0.29, 0.717) is 19.0 Å². The number of benzene rings is 1. The molecule has 1 aromatic carbocycles. The van der Waals surface area contributed by atoms with Crippen LogP contribution in [0, 0.1) is 6.92 Å². The van der Waals surface area contributed by atoms with Crippen molar-refractivity contribution in [3.63, 3.8) is 0 Å². The third kappa shape index (κ3) is 4.46. The first-order valence-electron chi connectivity index (χ1n) is 8.82. The van der Waals surface area contributed by atoms with Crippen LogP contribution in [0.5, 0.6) is 0 Å². The fraction of sp³-hybridized carbons (Fsp3) is 0.450. The van der Waals surface area contributed by atoms with Crippen LogP contribution in [0.3, 0.4) is 0 Å². The maximum absolute atomic E-state index is 12.2. The molecular weight excluding hydrogens is 316 g/mol. The molecule has 128 valence electrons. The number of nitrogens with one attached hydrogen (secondary N) is 1. The molecule has 0 radical (unpaired) electrons. The molecule has 2 aromatic rings. The van der Waals surface area contributed by atoms with Crippen LogP contribution in [0.15, 0.2) is 41.8 Å². The molecule has 4 heteroatoms. The van der Waals surface area contributed by atoms with E-state index in [1.54, 1.807) is 11.3 Å². The summed E-state index contributed by atoms with van der Waals surface area (Å²) in [5.41, 5.74) is 2.65. The second-order valence-corrected chi connectivity index (χ2v) is 7.53. The Morgan fingerprint density at radius 1 is 1.21 bits per heavy atom. The molecular formula is C20H26N2OS. The van der Waals surface area contributed by atoms with E-state index in [1.165, 1.54) is 28.8 Å². The molecule has 0 bridgehead atoms. The summed E-state index contributed by atoms with van der Waals surface area (Å²) in [7, 11) is 0. The monoisotopic (exact) mass is 342 g/mol. The van der Waals surface area contributed by atoms with Gasteiger partial charge in [0.2, 0.25) is 5.91 Å². The third-order valence-electron chi connectivity index (χ3n) is 4.80. The largest absolute Gasteiger partial charge is 0.354 e. The Morgan fingerprint density at radius 2 is 2.00 bits per heavy atom. The van der Waals surface area contributed by atoms with Crippen LogP contribution >= 0.6 is 11.3 Å². The van der Waals surface area contributed by atoms with E-state index in [1.807, 2.05) is 6.07 Å². The Labute approximate surface area is 148 Å². The average Bonchev–Trinajstić information content (AvgIpc) is 3.28. The number of carbonyl (C=O) groups excluding carboxylic acids is 1. The van der Waals surface area contributed by atoms with E-state index in [-0.39, 0.29) is 5.91 Å². The molecule has 1 atom stereocenters. The van der Waals surface area contributed by atoms with Gasteiger partial charge in [0.05, 0.1) is 6.04 Å². The quantitative estimate of drug-likeness (QED) is 0.826. The van der Waals surface area contributed by atoms with E-state index >= 15 is 0 Å². The number of thiophene rings is 1. The van der Waals surface area contributed by atoms with Crippen LogP contribution in [-0.2, 0) is 11.2 Å². The zero-order chi connectivity index (χ0) is 16.8. The van der Waals surface area contributed by atoms with Gasteiger partial charge in [-0.15, -0.1) is 11.3 Å². The van der Waals surface area contributed by atoms with E-state index < -0.39 is 0 Å². The highest BCUT2D eigenvalue weighted by Gasteiger charge is 2.24. The Bertz CT molecular complexity index is 647. The highest BCUT2D eigenvalue weighted by atomic mass is 32.1. The summed E-state index contributed by atoms with van der Waals surface area (Å²) in [6, 6.07) is 13.0. The number of aryl methyl sites for hydroxylation is 2. The van der Waals surface area contributed by atoms with Gasteiger partial charge in [-0.2, -0.15) is 0 Å². The maximum Gasteiger partial charge on any atom is 0.220 e. The second kappa shape index (κ2) is 8.45. The van der Waals surface area contributed by atoms with Gasteiger partial charge < -0.3 is 5.32 Å². The molecule has 0 spiro atoms. The molecule has 3 nitrogen and oxygen atoms in total. The molecule has 1 N–H and O–H groups in total. The molecule has 0 aliphatic carbocycles. The Morgan fingerprint density at radius 3 is 2.71 bits per heavy atom. The van der Waals surface area contributed by atoms with Crippen LogP contribution in [-0.4, -0.2) is 30.4 Å². The first kappa shape index (κ1) is 17.2. The van der Waals surface area contributed by atoms with Gasteiger partial charge in [0.1, 0.15) is 0 Å². The van der Waals surface area contributed by atoms with Crippen LogP contribution in [0.25, 0.3) is 0 Å². The van der Waals surface area contributed by atoms with E-state index in [4.69, 9.17) is 0 Å². The number of hydrogen-bond donors (Lipinski definition) is 1. The maximum atomic E-state index is 12.2. The number of amides is 1. The van der Waals surface area contributed by atoms with Gasteiger partial charge >= 0.3 is 0 Å². The van der Waals surface area contributed by atoms with Crippen molar-refractivity contribution in [2.75, 3.05) is 19.6 Å². The van der Waals surface area contributed by atoms with Crippen LogP contribution in [0.4, 0.5) is 0 Å². The predicted octanol–water partition coefficient (Wildman–Crippen LogP) is 3.94. The molecule has 0 saturated carbocycles. The average molecular weight is 343 g/mol. The summed E-state index contributed by atoms with van der Waals surface area (Å²) in [4.78, 5) is 16.0. The van der Waals surface area contributed by atoms with Gasteiger partial charge in [-0.1, -0.05) is 30.3 Å². The number of carbonyl (C=O) groups is 1. The lowest BCUT2D eigenvalue weighted by atomic mass is 10.00. The minimum atomic E-state index is 0.154. The fourth-order valence-corrected chi connectivity index (χ4v) is 4.15. The molecule has 1 aromatic heterocycles. The smallest absolute Gasteiger partial charge is 0.220 e. The molecule has 3 rings (SSSR count). The molecule has 1 aliphatic rings. The molecule has 1 aliphatic heterocycles. The van der Waals surface area contributed by atoms with Gasteiger partial charge in [0.15, 0.2) is 0 Å². The predicted molar refractivity (Wildman–Crippen MR) is 100 cm³/mol. The summed E-state index contributed by atoms with van der Waals surface area (Å²) >= 11 is 1.72. The zero-order valence-corrected chi connectivity index (χ0v) is 15.1. The zero-order valence-electron chi connectivity index (χ0n) is 14.3. The molecule has 1 saturated heterocycles.